The van der Waals surface area contributed by atoms with Crippen molar-refractivity contribution < 1.29 is 16.1 Å². The van der Waals surface area contributed by atoms with Crippen LogP contribution < -0.4 is 0 Å². The molecule has 1 N–H and O–H groups in total. The number of hydrogen-bond acceptors (Lipinski definition) is 3. The minimum Gasteiger partial charge on any atom is -0.507 e. The standard InChI is InChI=1S/C51H43N3O/c1-50(2,3)44-19-8-6-16-40(44)34-25-27-52-45(30-34)36-15-10-14-33(28-36)41-18-11-20-46-48(41)53-49(42-17-7-9-21-47(42)55)54(46)39-22-23-43-35(29-39)24-26-51(43)31-37-12-4-5-13-38(37)32-51/h4-23,25,27-30,55H,24,26,31-32H2,1-3H3/i24D2,26D2,31D2,32D2. The van der Waals surface area contributed by atoms with Crippen LogP contribution in [-0.2, 0) is 29.9 Å². The molecule has 8 aromatic rings. The first-order valence-electron chi connectivity index (χ1n) is 22.6. The van der Waals surface area contributed by atoms with Gasteiger partial charge in [-0.25, -0.2) is 4.98 Å². The lowest BCUT2D eigenvalue weighted by molar-refractivity contribution is 0.449. The van der Waals surface area contributed by atoms with E-state index >= 15 is 0 Å². The summed E-state index contributed by atoms with van der Waals surface area (Å²) in [5.41, 5.74) is 5.92. The molecule has 0 saturated heterocycles. The minimum absolute atomic E-state index is 0.00000301. The molecule has 0 atom stereocenters. The van der Waals surface area contributed by atoms with Crippen molar-refractivity contribution in [2.24, 2.45) is 0 Å². The van der Waals surface area contributed by atoms with Crippen LogP contribution in [0.1, 0.15) is 65.9 Å². The fraction of sp³-hybridized carbons (Fsp3) is 0.176. The summed E-state index contributed by atoms with van der Waals surface area (Å²) in [6, 6.07) is 43.9. The molecule has 0 radical (unpaired) electrons. The van der Waals surface area contributed by atoms with Crippen molar-refractivity contribution in [1.82, 2.24) is 14.5 Å². The largest absolute Gasteiger partial charge is 0.507 e. The zero-order valence-electron chi connectivity index (χ0n) is 38.7. The molecule has 55 heavy (non-hydrogen) atoms. The van der Waals surface area contributed by atoms with Gasteiger partial charge in [0.05, 0.1) is 22.3 Å². The molecule has 1 spiro atoms. The van der Waals surface area contributed by atoms with Gasteiger partial charge in [0.25, 0.3) is 0 Å². The molecule has 0 unspecified atom stereocenters. The zero-order chi connectivity index (χ0) is 44.5. The highest BCUT2D eigenvalue weighted by Gasteiger charge is 2.43. The van der Waals surface area contributed by atoms with Crippen LogP contribution in [0.25, 0.3) is 61.6 Å². The third-order valence-electron chi connectivity index (χ3n) is 10.7. The van der Waals surface area contributed by atoms with E-state index in [4.69, 9.17) is 9.97 Å². The highest BCUT2D eigenvalue weighted by molar-refractivity contribution is 5.96. The van der Waals surface area contributed by atoms with Crippen molar-refractivity contribution in [3.8, 4) is 56.3 Å². The zero-order valence-corrected chi connectivity index (χ0v) is 30.7. The summed E-state index contributed by atoms with van der Waals surface area (Å²) >= 11 is 0. The van der Waals surface area contributed by atoms with E-state index in [9.17, 15) is 16.1 Å². The molecule has 2 heterocycles. The quantitative estimate of drug-likeness (QED) is 0.192. The topological polar surface area (TPSA) is 50.9 Å². The number of aromatic hydroxyl groups is 1. The van der Waals surface area contributed by atoms with Gasteiger partial charge < -0.3 is 5.11 Å². The van der Waals surface area contributed by atoms with Crippen LogP contribution in [-0.4, -0.2) is 19.6 Å². The number of hydrogen-bond donors (Lipinski definition) is 1. The lowest BCUT2D eigenvalue weighted by Gasteiger charge is -2.25. The lowest BCUT2D eigenvalue weighted by atomic mass is 9.79. The number of nitrogens with zero attached hydrogens (tertiary/aromatic N) is 3. The molecule has 0 aliphatic heterocycles. The second-order valence-corrected chi connectivity index (χ2v) is 15.3. The van der Waals surface area contributed by atoms with Gasteiger partial charge in [-0.2, -0.15) is 0 Å². The molecule has 4 heteroatoms. The summed E-state index contributed by atoms with van der Waals surface area (Å²) in [6.45, 7) is 6.62. The average Bonchev–Trinajstić information content (AvgIpc) is 3.77. The smallest absolute Gasteiger partial charge is 0.149 e. The van der Waals surface area contributed by atoms with Crippen molar-refractivity contribution in [2.45, 2.75) is 57.1 Å². The van der Waals surface area contributed by atoms with Gasteiger partial charge in [0.2, 0.25) is 0 Å². The first-order chi connectivity index (χ1) is 29.8. The number of benzene rings is 6. The number of aryl methyl sites for hydroxylation is 1. The molecule has 6 aromatic carbocycles. The second-order valence-electron chi connectivity index (χ2n) is 15.3. The Kier molecular flexibility index (Phi) is 5.92. The van der Waals surface area contributed by atoms with Gasteiger partial charge in [-0.05, 0) is 124 Å². The Morgan fingerprint density at radius 3 is 2.15 bits per heavy atom. The van der Waals surface area contributed by atoms with Gasteiger partial charge in [-0.15, -0.1) is 0 Å². The van der Waals surface area contributed by atoms with Gasteiger partial charge in [0.1, 0.15) is 11.6 Å². The van der Waals surface area contributed by atoms with Crippen LogP contribution in [0.15, 0.2) is 152 Å². The molecule has 2 aliphatic rings. The van der Waals surface area contributed by atoms with Crippen LogP contribution in [0.2, 0.25) is 0 Å². The first kappa shape index (κ1) is 25.7. The Hall–Kier alpha value is -6.26. The van der Waals surface area contributed by atoms with Crippen LogP contribution in [0, 0.1) is 0 Å². The number of fused-ring (bicyclic) bond motifs is 4. The summed E-state index contributed by atoms with van der Waals surface area (Å²) < 4.78 is 77.2. The summed E-state index contributed by atoms with van der Waals surface area (Å²) in [5.74, 6) is 0.308. The Morgan fingerprint density at radius 2 is 1.35 bits per heavy atom. The van der Waals surface area contributed by atoms with Crippen molar-refractivity contribution in [3.63, 3.8) is 0 Å². The number of rotatable bonds is 5. The Morgan fingerprint density at radius 1 is 0.655 bits per heavy atom. The first-order valence-corrected chi connectivity index (χ1v) is 18.6. The molecule has 0 bridgehead atoms. The van der Waals surface area contributed by atoms with E-state index in [2.05, 4.69) is 57.2 Å². The van der Waals surface area contributed by atoms with Crippen molar-refractivity contribution >= 4 is 11.0 Å². The highest BCUT2D eigenvalue weighted by atomic mass is 16.3. The highest BCUT2D eigenvalue weighted by Crippen LogP contribution is 2.49. The summed E-state index contributed by atoms with van der Waals surface area (Å²) in [6.07, 6.45) is -9.31. The van der Waals surface area contributed by atoms with Gasteiger partial charge in [0.15, 0.2) is 0 Å². The fourth-order valence-corrected chi connectivity index (χ4v) is 8.09. The Bertz CT molecular complexity index is 3130. The average molecular weight is 722 g/mol. The lowest BCUT2D eigenvalue weighted by Crippen LogP contribution is -2.23. The molecule has 0 saturated carbocycles. The molecule has 268 valence electrons. The van der Waals surface area contributed by atoms with Gasteiger partial charge >= 0.3 is 0 Å². The maximum absolute atomic E-state index is 11.3. The molecule has 2 aliphatic carbocycles. The maximum atomic E-state index is 11.3. The third-order valence-corrected chi connectivity index (χ3v) is 10.7. The van der Waals surface area contributed by atoms with Crippen LogP contribution in [0.3, 0.4) is 0 Å². The van der Waals surface area contributed by atoms with Crippen molar-refractivity contribution in [2.75, 3.05) is 0 Å². The normalized spacial score (nSPS) is 20.2. The number of para-hydroxylation sites is 2. The molecule has 10 rings (SSSR count). The van der Waals surface area contributed by atoms with E-state index in [-0.39, 0.29) is 33.4 Å². The molecule has 0 amide bonds. The number of phenols is 1. The maximum Gasteiger partial charge on any atom is 0.149 e. The van der Waals surface area contributed by atoms with Crippen LogP contribution in [0.4, 0.5) is 0 Å². The van der Waals surface area contributed by atoms with E-state index in [0.717, 1.165) is 33.5 Å². The predicted molar refractivity (Wildman–Crippen MR) is 225 cm³/mol. The number of aromatic nitrogens is 3. The molecular formula is C51H43N3O. The Balaban J connectivity index is 1.15. The third kappa shape index (κ3) is 5.58. The second kappa shape index (κ2) is 12.7. The van der Waals surface area contributed by atoms with Crippen LogP contribution in [0.5, 0.6) is 5.75 Å². The van der Waals surface area contributed by atoms with Gasteiger partial charge in [-0.1, -0.05) is 118 Å². The molecule has 2 aromatic heterocycles. The SMILES string of the molecule is [2H]C1([2H])c2cc(-n3c(-c4ccccc4O)nc4c(-c5cccc(-c6cc(-c7ccccc7C(C)(C)C)ccn6)c5)cccc43)ccc2C2(C([2H])([2H])c3ccccc3C2([2H])[2H])C1([2H])[2H]. The van der Waals surface area contributed by atoms with E-state index in [1.807, 2.05) is 48.7 Å². The van der Waals surface area contributed by atoms with Crippen LogP contribution >= 0.6 is 0 Å². The number of imidazole rings is 1. The summed E-state index contributed by atoms with van der Waals surface area (Å²) in [7, 11) is 0. The molecule has 4 nitrogen and oxygen atoms in total. The van der Waals surface area contributed by atoms with E-state index in [1.54, 1.807) is 47.0 Å². The van der Waals surface area contributed by atoms with Gasteiger partial charge in [-0.3, -0.25) is 9.55 Å². The van der Waals surface area contributed by atoms with E-state index in [1.165, 1.54) is 29.8 Å². The summed E-state index contributed by atoms with van der Waals surface area (Å²) in [5, 5.41) is 11.3. The molecular weight excluding hydrogens is 671 g/mol. The van der Waals surface area contributed by atoms with Crippen molar-refractivity contribution in [3.05, 3.63) is 180 Å². The number of pyridine rings is 1. The van der Waals surface area contributed by atoms with Crippen molar-refractivity contribution in [1.29, 1.82) is 0 Å². The molecule has 0 fully saturated rings. The minimum atomic E-state index is -3.05. The monoisotopic (exact) mass is 721 g/mol. The number of phenolic OH excluding ortho intramolecular Hbond substituents is 1. The van der Waals surface area contributed by atoms with E-state index in [0.29, 0.717) is 28.1 Å². The van der Waals surface area contributed by atoms with Gasteiger partial charge in [0, 0.05) is 39.4 Å². The Labute approximate surface area is 334 Å². The fourth-order valence-electron chi connectivity index (χ4n) is 8.09. The predicted octanol–water partition coefficient (Wildman–Crippen LogP) is 12.1. The van der Waals surface area contributed by atoms with E-state index < -0.39 is 30.9 Å². The summed E-state index contributed by atoms with van der Waals surface area (Å²) in [4.78, 5) is 9.97.